The van der Waals surface area contributed by atoms with Crippen molar-refractivity contribution in [3.63, 3.8) is 0 Å². The first-order chi connectivity index (χ1) is 8.36. The van der Waals surface area contributed by atoms with Crippen LogP contribution in [0.25, 0.3) is 0 Å². The van der Waals surface area contributed by atoms with Gasteiger partial charge in [0.25, 0.3) is 0 Å². The monoisotopic (exact) mass is 288 g/mol. The maximum absolute atomic E-state index is 12.6. The highest BCUT2D eigenvalue weighted by Crippen LogP contribution is 2.32. The van der Waals surface area contributed by atoms with Crippen LogP contribution in [0.1, 0.15) is 13.8 Å². The van der Waals surface area contributed by atoms with Crippen LogP contribution < -0.4 is 9.62 Å². The molecule has 0 aliphatic carbocycles. The smallest absolute Gasteiger partial charge is 0.241 e. The van der Waals surface area contributed by atoms with E-state index >= 15 is 0 Å². The van der Waals surface area contributed by atoms with E-state index < -0.39 is 14.8 Å². The van der Waals surface area contributed by atoms with Gasteiger partial charge in [0, 0.05) is 19.6 Å². The highest BCUT2D eigenvalue weighted by atomic mass is 35.5. The molecule has 1 heterocycles. The molecule has 1 aromatic carbocycles. The molecule has 0 unspecified atom stereocenters. The van der Waals surface area contributed by atoms with Crippen LogP contribution in [0.4, 0.5) is 5.69 Å². The molecule has 1 aromatic rings. The van der Waals surface area contributed by atoms with Crippen molar-refractivity contribution in [3.05, 3.63) is 29.3 Å². The zero-order chi connectivity index (χ0) is 13.4. The van der Waals surface area contributed by atoms with E-state index in [1.54, 1.807) is 38.1 Å². The van der Waals surface area contributed by atoms with Gasteiger partial charge in [-0.15, -0.1) is 0 Å². The Labute approximate surface area is 113 Å². The second-order valence-corrected chi connectivity index (χ2v) is 7.87. The van der Waals surface area contributed by atoms with Gasteiger partial charge in [-0.05, 0) is 26.0 Å². The molecule has 0 radical (unpaired) electrons. The minimum absolute atomic E-state index is 0.398. The highest BCUT2D eigenvalue weighted by molar-refractivity contribution is 7.94. The Bertz CT molecular complexity index is 543. The lowest BCUT2D eigenvalue weighted by molar-refractivity contribution is 0.535. The molecule has 0 saturated carbocycles. The predicted molar refractivity (Wildman–Crippen MR) is 74.7 cm³/mol. The molecule has 1 saturated heterocycles. The topological polar surface area (TPSA) is 49.4 Å². The van der Waals surface area contributed by atoms with E-state index in [1.165, 1.54) is 4.31 Å². The van der Waals surface area contributed by atoms with Crippen molar-refractivity contribution < 1.29 is 8.42 Å². The first-order valence-corrected chi connectivity index (χ1v) is 7.65. The van der Waals surface area contributed by atoms with Gasteiger partial charge in [-0.1, -0.05) is 23.7 Å². The summed E-state index contributed by atoms with van der Waals surface area (Å²) in [5.41, 5.74) is 0.552. The van der Waals surface area contributed by atoms with Crippen LogP contribution >= 0.6 is 11.6 Å². The molecule has 0 aromatic heterocycles. The average molecular weight is 289 g/mol. The van der Waals surface area contributed by atoms with Crippen LogP contribution in [0.3, 0.4) is 0 Å². The minimum Gasteiger partial charge on any atom is -0.313 e. The van der Waals surface area contributed by atoms with Gasteiger partial charge in [0.05, 0.1) is 15.5 Å². The van der Waals surface area contributed by atoms with Crippen molar-refractivity contribution in [2.45, 2.75) is 18.6 Å². The highest BCUT2D eigenvalue weighted by Gasteiger charge is 2.41. The summed E-state index contributed by atoms with van der Waals surface area (Å²) in [5.74, 6) is 0. The lowest BCUT2D eigenvalue weighted by atomic mass is 10.2. The van der Waals surface area contributed by atoms with Crippen molar-refractivity contribution in [1.82, 2.24) is 5.32 Å². The number of sulfonamides is 1. The Morgan fingerprint density at radius 2 is 2.00 bits per heavy atom. The fraction of sp³-hybridized carbons (Fsp3) is 0.500. The van der Waals surface area contributed by atoms with Gasteiger partial charge in [-0.25, -0.2) is 8.42 Å². The second kappa shape index (κ2) is 4.72. The Morgan fingerprint density at radius 3 is 2.67 bits per heavy atom. The Balaban J connectivity index is 2.52. The number of rotatable bonds is 1. The lowest BCUT2D eigenvalue weighted by Gasteiger charge is -2.30. The zero-order valence-electron chi connectivity index (χ0n) is 10.5. The summed E-state index contributed by atoms with van der Waals surface area (Å²) in [7, 11) is -3.43. The summed E-state index contributed by atoms with van der Waals surface area (Å²) in [6.45, 7) is 4.91. The standard InChI is InChI=1S/C12H17ClN2O2S/c1-12(2)9-14-7-8-15(18(12,16)17)11-6-4-3-5-10(11)13/h3-6,14H,7-9H2,1-2H3. The SMILES string of the molecule is CC1(C)CNCCN(c2ccccc2Cl)S1(=O)=O. The third-order valence-electron chi connectivity index (χ3n) is 3.15. The molecule has 0 amide bonds. The number of nitrogens with zero attached hydrogens (tertiary/aromatic N) is 1. The zero-order valence-corrected chi connectivity index (χ0v) is 12.1. The third-order valence-corrected chi connectivity index (χ3v) is 5.97. The normalized spacial score (nSPS) is 22.5. The molecule has 1 aliphatic rings. The van der Waals surface area contributed by atoms with Gasteiger partial charge in [0.15, 0.2) is 0 Å². The number of benzene rings is 1. The second-order valence-electron chi connectivity index (χ2n) is 4.97. The van der Waals surface area contributed by atoms with Crippen LogP contribution in [0, 0.1) is 0 Å². The molecule has 1 aliphatic heterocycles. The number of para-hydroxylation sites is 1. The van der Waals surface area contributed by atoms with Crippen molar-refractivity contribution in [1.29, 1.82) is 0 Å². The van der Waals surface area contributed by atoms with E-state index in [2.05, 4.69) is 5.32 Å². The van der Waals surface area contributed by atoms with Gasteiger partial charge in [-0.2, -0.15) is 0 Å². The molecule has 1 N–H and O–H groups in total. The summed E-state index contributed by atoms with van der Waals surface area (Å²) < 4.78 is 25.8. The van der Waals surface area contributed by atoms with E-state index in [-0.39, 0.29) is 0 Å². The fourth-order valence-corrected chi connectivity index (χ4v) is 3.90. The Kier molecular flexibility index (Phi) is 3.58. The largest absolute Gasteiger partial charge is 0.313 e. The molecule has 100 valence electrons. The Hall–Kier alpha value is -0.780. The molecular weight excluding hydrogens is 272 g/mol. The fourth-order valence-electron chi connectivity index (χ4n) is 1.98. The number of anilines is 1. The number of hydrogen-bond donors (Lipinski definition) is 1. The molecule has 1 fully saturated rings. The average Bonchev–Trinajstić information content (AvgIpc) is 2.39. The van der Waals surface area contributed by atoms with Crippen LogP contribution in [0.15, 0.2) is 24.3 Å². The maximum Gasteiger partial charge on any atom is 0.241 e. The first-order valence-electron chi connectivity index (χ1n) is 5.84. The Morgan fingerprint density at radius 1 is 1.33 bits per heavy atom. The van der Waals surface area contributed by atoms with Crippen LogP contribution in [-0.2, 0) is 10.0 Å². The molecule has 0 atom stereocenters. The van der Waals surface area contributed by atoms with Gasteiger partial charge in [-0.3, -0.25) is 4.31 Å². The molecule has 2 rings (SSSR count). The third kappa shape index (κ3) is 2.22. The summed E-state index contributed by atoms with van der Waals surface area (Å²) in [5, 5.41) is 3.61. The molecule has 4 nitrogen and oxygen atoms in total. The van der Waals surface area contributed by atoms with Crippen molar-refractivity contribution in [3.8, 4) is 0 Å². The van der Waals surface area contributed by atoms with E-state index in [1.807, 2.05) is 0 Å². The molecule has 6 heteroatoms. The first kappa shape index (κ1) is 13.6. The number of halogens is 1. The van der Waals surface area contributed by atoms with Gasteiger partial charge >= 0.3 is 0 Å². The maximum atomic E-state index is 12.6. The van der Waals surface area contributed by atoms with E-state index in [0.29, 0.717) is 30.3 Å². The van der Waals surface area contributed by atoms with Crippen LogP contribution in [-0.4, -0.2) is 32.8 Å². The van der Waals surface area contributed by atoms with E-state index in [4.69, 9.17) is 11.6 Å². The predicted octanol–water partition coefficient (Wildman–Crippen LogP) is 1.86. The summed E-state index contributed by atoms with van der Waals surface area (Å²) in [6.07, 6.45) is 0. The molecule has 0 spiro atoms. The minimum atomic E-state index is -3.43. The van der Waals surface area contributed by atoms with Crippen LogP contribution in [0.5, 0.6) is 0 Å². The molecule has 18 heavy (non-hydrogen) atoms. The van der Waals surface area contributed by atoms with Crippen molar-refractivity contribution in [2.75, 3.05) is 23.9 Å². The van der Waals surface area contributed by atoms with E-state index in [0.717, 1.165) is 0 Å². The molecular formula is C12H17ClN2O2S. The number of nitrogens with one attached hydrogen (secondary N) is 1. The molecule has 0 bridgehead atoms. The number of hydrogen-bond acceptors (Lipinski definition) is 3. The summed E-state index contributed by atoms with van der Waals surface area (Å²) >= 11 is 6.10. The van der Waals surface area contributed by atoms with Gasteiger partial charge in [0.1, 0.15) is 0 Å². The van der Waals surface area contributed by atoms with Crippen molar-refractivity contribution >= 4 is 27.3 Å². The quantitative estimate of drug-likeness (QED) is 0.858. The van der Waals surface area contributed by atoms with Crippen molar-refractivity contribution in [2.24, 2.45) is 0 Å². The van der Waals surface area contributed by atoms with Gasteiger partial charge < -0.3 is 5.32 Å². The summed E-state index contributed by atoms with van der Waals surface area (Å²) in [4.78, 5) is 0. The van der Waals surface area contributed by atoms with Crippen LogP contribution in [0.2, 0.25) is 5.02 Å². The lowest BCUT2D eigenvalue weighted by Crippen LogP contribution is -2.46. The summed E-state index contributed by atoms with van der Waals surface area (Å²) in [6, 6.07) is 7.03. The van der Waals surface area contributed by atoms with Gasteiger partial charge in [0.2, 0.25) is 10.0 Å². The van der Waals surface area contributed by atoms with E-state index in [9.17, 15) is 8.42 Å².